The standard InChI is InChI=1S/C12H13FN4O2/c1-3-18-11-15-10(14)16-12(17-11)19-9-5-4-8(13)6-7(9)2/h4-6H,3H2,1-2H3,(H2,14,15,16,17). The summed E-state index contributed by atoms with van der Waals surface area (Å²) in [7, 11) is 0. The molecule has 100 valence electrons. The maximum atomic E-state index is 13.0. The molecule has 0 aliphatic rings. The van der Waals surface area contributed by atoms with Crippen molar-refractivity contribution in [3.05, 3.63) is 29.6 Å². The minimum Gasteiger partial charge on any atom is -0.464 e. The highest BCUT2D eigenvalue weighted by Gasteiger charge is 2.09. The smallest absolute Gasteiger partial charge is 0.330 e. The Hall–Kier alpha value is -2.44. The van der Waals surface area contributed by atoms with Crippen molar-refractivity contribution in [1.82, 2.24) is 15.0 Å². The first-order valence-corrected chi connectivity index (χ1v) is 5.67. The molecule has 2 rings (SSSR count). The Morgan fingerprint density at radius 1 is 1.21 bits per heavy atom. The minimum absolute atomic E-state index is 0.00524. The number of nitrogens with zero attached hydrogens (tertiary/aromatic N) is 3. The Bertz CT molecular complexity index is 592. The highest BCUT2D eigenvalue weighted by atomic mass is 19.1. The molecule has 0 atom stereocenters. The van der Waals surface area contributed by atoms with Crippen LogP contribution in [0.2, 0.25) is 0 Å². The molecule has 7 heteroatoms. The van der Waals surface area contributed by atoms with Gasteiger partial charge in [0.25, 0.3) is 0 Å². The van der Waals surface area contributed by atoms with E-state index in [1.54, 1.807) is 13.8 Å². The van der Waals surface area contributed by atoms with E-state index in [-0.39, 0.29) is 23.8 Å². The van der Waals surface area contributed by atoms with Gasteiger partial charge in [-0.15, -0.1) is 4.98 Å². The molecule has 0 spiro atoms. The first-order valence-electron chi connectivity index (χ1n) is 5.67. The fourth-order valence-corrected chi connectivity index (χ4v) is 1.42. The van der Waals surface area contributed by atoms with E-state index in [1.807, 2.05) is 0 Å². The van der Waals surface area contributed by atoms with E-state index in [2.05, 4.69) is 15.0 Å². The summed E-state index contributed by atoms with van der Waals surface area (Å²) in [6, 6.07) is 4.22. The molecule has 0 radical (unpaired) electrons. The van der Waals surface area contributed by atoms with Gasteiger partial charge in [-0.25, -0.2) is 4.39 Å². The zero-order valence-corrected chi connectivity index (χ0v) is 10.6. The van der Waals surface area contributed by atoms with Gasteiger partial charge in [-0.1, -0.05) is 0 Å². The van der Waals surface area contributed by atoms with Gasteiger partial charge in [0.15, 0.2) is 0 Å². The number of aryl methyl sites for hydroxylation is 1. The average Bonchev–Trinajstić information content (AvgIpc) is 2.32. The summed E-state index contributed by atoms with van der Waals surface area (Å²) >= 11 is 0. The molecule has 2 N–H and O–H groups in total. The van der Waals surface area contributed by atoms with E-state index >= 15 is 0 Å². The van der Waals surface area contributed by atoms with Crippen molar-refractivity contribution in [3.63, 3.8) is 0 Å². The molecular formula is C12H13FN4O2. The molecule has 19 heavy (non-hydrogen) atoms. The van der Waals surface area contributed by atoms with Crippen molar-refractivity contribution in [2.75, 3.05) is 12.3 Å². The van der Waals surface area contributed by atoms with Crippen LogP contribution in [0.15, 0.2) is 18.2 Å². The third-order valence-corrected chi connectivity index (χ3v) is 2.22. The number of anilines is 1. The van der Waals surface area contributed by atoms with Crippen LogP contribution in [0, 0.1) is 12.7 Å². The molecule has 1 aromatic carbocycles. The van der Waals surface area contributed by atoms with Crippen LogP contribution in [0.4, 0.5) is 10.3 Å². The predicted octanol–water partition coefficient (Wildman–Crippen LogP) is 2.09. The van der Waals surface area contributed by atoms with Crippen molar-refractivity contribution in [2.24, 2.45) is 0 Å². The summed E-state index contributed by atoms with van der Waals surface area (Å²) in [4.78, 5) is 11.6. The quantitative estimate of drug-likeness (QED) is 0.910. The summed E-state index contributed by atoms with van der Waals surface area (Å²) in [6.07, 6.45) is 0. The van der Waals surface area contributed by atoms with E-state index in [1.165, 1.54) is 18.2 Å². The molecular weight excluding hydrogens is 251 g/mol. The second kappa shape index (κ2) is 5.47. The van der Waals surface area contributed by atoms with Crippen molar-refractivity contribution in [2.45, 2.75) is 13.8 Å². The molecule has 1 aromatic heterocycles. The highest BCUT2D eigenvalue weighted by Crippen LogP contribution is 2.24. The van der Waals surface area contributed by atoms with E-state index < -0.39 is 0 Å². The molecule has 1 heterocycles. The lowest BCUT2D eigenvalue weighted by molar-refractivity contribution is 0.304. The number of rotatable bonds is 4. The average molecular weight is 264 g/mol. The van der Waals surface area contributed by atoms with Crippen LogP contribution in [0.1, 0.15) is 12.5 Å². The van der Waals surface area contributed by atoms with Crippen molar-refractivity contribution in [3.8, 4) is 17.8 Å². The third-order valence-electron chi connectivity index (χ3n) is 2.22. The van der Waals surface area contributed by atoms with Crippen LogP contribution in [0.25, 0.3) is 0 Å². The summed E-state index contributed by atoms with van der Waals surface area (Å²) < 4.78 is 23.6. The van der Waals surface area contributed by atoms with Crippen LogP contribution in [0.5, 0.6) is 17.8 Å². The van der Waals surface area contributed by atoms with E-state index in [9.17, 15) is 4.39 Å². The van der Waals surface area contributed by atoms with Gasteiger partial charge in [-0.05, 0) is 37.6 Å². The van der Waals surface area contributed by atoms with Crippen LogP contribution in [-0.2, 0) is 0 Å². The van der Waals surface area contributed by atoms with Crippen molar-refractivity contribution < 1.29 is 13.9 Å². The lowest BCUT2D eigenvalue weighted by Crippen LogP contribution is -2.05. The summed E-state index contributed by atoms with van der Waals surface area (Å²) in [5.41, 5.74) is 6.15. The zero-order valence-electron chi connectivity index (χ0n) is 10.6. The van der Waals surface area contributed by atoms with Crippen LogP contribution < -0.4 is 15.2 Å². The van der Waals surface area contributed by atoms with Gasteiger partial charge in [0, 0.05) is 0 Å². The molecule has 6 nitrogen and oxygen atoms in total. The minimum atomic E-state index is -0.338. The molecule has 0 unspecified atom stereocenters. The topological polar surface area (TPSA) is 83.2 Å². The first-order chi connectivity index (χ1) is 9.08. The maximum absolute atomic E-state index is 13.0. The van der Waals surface area contributed by atoms with Gasteiger partial charge < -0.3 is 15.2 Å². The second-order valence-electron chi connectivity index (χ2n) is 3.70. The van der Waals surface area contributed by atoms with E-state index in [0.29, 0.717) is 17.9 Å². The molecule has 0 saturated heterocycles. The first kappa shape index (κ1) is 13.0. The number of halogens is 1. The van der Waals surface area contributed by atoms with Gasteiger partial charge in [-0.2, -0.15) is 9.97 Å². The SMILES string of the molecule is CCOc1nc(N)nc(Oc2ccc(F)cc2C)n1. The molecule has 0 aliphatic carbocycles. The Balaban J connectivity index is 2.27. The van der Waals surface area contributed by atoms with E-state index in [0.717, 1.165) is 0 Å². The number of nitrogens with two attached hydrogens (primary N) is 1. The fraction of sp³-hybridized carbons (Fsp3) is 0.250. The number of hydrogen-bond donors (Lipinski definition) is 1. The molecule has 0 bridgehead atoms. The zero-order chi connectivity index (χ0) is 13.8. The van der Waals surface area contributed by atoms with Gasteiger partial charge in [0.1, 0.15) is 11.6 Å². The van der Waals surface area contributed by atoms with Gasteiger partial charge in [0.05, 0.1) is 6.61 Å². The number of nitrogen functional groups attached to an aromatic ring is 1. The molecule has 0 fully saturated rings. The normalized spacial score (nSPS) is 10.3. The van der Waals surface area contributed by atoms with E-state index in [4.69, 9.17) is 15.2 Å². The molecule has 0 saturated carbocycles. The molecule has 0 amide bonds. The van der Waals surface area contributed by atoms with Gasteiger partial charge >= 0.3 is 12.0 Å². The van der Waals surface area contributed by atoms with Gasteiger partial charge in [0.2, 0.25) is 5.95 Å². The second-order valence-corrected chi connectivity index (χ2v) is 3.70. The maximum Gasteiger partial charge on any atom is 0.330 e. The van der Waals surface area contributed by atoms with Crippen LogP contribution in [0.3, 0.4) is 0 Å². The lowest BCUT2D eigenvalue weighted by atomic mass is 10.2. The molecule has 2 aromatic rings. The number of hydrogen-bond acceptors (Lipinski definition) is 6. The highest BCUT2D eigenvalue weighted by molar-refractivity contribution is 5.35. The Morgan fingerprint density at radius 3 is 2.63 bits per heavy atom. The van der Waals surface area contributed by atoms with Crippen LogP contribution >= 0.6 is 0 Å². The number of benzene rings is 1. The summed E-state index contributed by atoms with van der Waals surface area (Å²) in [6.45, 7) is 3.91. The summed E-state index contributed by atoms with van der Waals surface area (Å²) in [5.74, 6) is 0.0951. The lowest BCUT2D eigenvalue weighted by Gasteiger charge is -2.08. The van der Waals surface area contributed by atoms with Crippen molar-refractivity contribution in [1.29, 1.82) is 0 Å². The third kappa shape index (κ3) is 3.27. The monoisotopic (exact) mass is 264 g/mol. The Kier molecular flexibility index (Phi) is 3.74. The number of aromatic nitrogens is 3. The summed E-state index contributed by atoms with van der Waals surface area (Å²) in [5, 5.41) is 0. The Labute approximate surface area is 109 Å². The van der Waals surface area contributed by atoms with Gasteiger partial charge in [-0.3, -0.25) is 0 Å². The largest absolute Gasteiger partial charge is 0.464 e. The molecule has 0 aliphatic heterocycles. The fourth-order valence-electron chi connectivity index (χ4n) is 1.42. The van der Waals surface area contributed by atoms with Crippen LogP contribution in [-0.4, -0.2) is 21.6 Å². The number of ether oxygens (including phenoxy) is 2. The predicted molar refractivity (Wildman–Crippen MR) is 66.6 cm³/mol. The van der Waals surface area contributed by atoms with Crippen molar-refractivity contribution >= 4 is 5.95 Å². The Morgan fingerprint density at radius 2 is 1.95 bits per heavy atom.